The van der Waals surface area contributed by atoms with E-state index in [1.807, 2.05) is 0 Å². The zero-order valence-electron chi connectivity index (χ0n) is 9.51. The summed E-state index contributed by atoms with van der Waals surface area (Å²) in [5.41, 5.74) is 0. The molecule has 0 aromatic carbocycles. The summed E-state index contributed by atoms with van der Waals surface area (Å²) in [6.45, 7) is 0. The van der Waals surface area contributed by atoms with Crippen LogP contribution < -0.4 is 0 Å². The van der Waals surface area contributed by atoms with Crippen LogP contribution >= 0.6 is 0 Å². The maximum atomic E-state index is 2.68. The third kappa shape index (κ3) is 3.29. The number of hydrogen-bond donors (Lipinski definition) is 0. The molecular formula is C14H25. The van der Waals surface area contributed by atoms with Crippen molar-refractivity contribution in [2.24, 2.45) is 11.8 Å². The molecule has 2 rings (SSSR count). The summed E-state index contributed by atoms with van der Waals surface area (Å²) >= 11 is 0. The van der Waals surface area contributed by atoms with Gasteiger partial charge in [0.2, 0.25) is 0 Å². The van der Waals surface area contributed by atoms with Crippen molar-refractivity contribution in [2.75, 3.05) is 0 Å². The largest absolute Gasteiger partial charge is 0.0533 e. The lowest BCUT2D eigenvalue weighted by atomic mass is 9.80. The highest BCUT2D eigenvalue weighted by Crippen LogP contribution is 2.32. The molecule has 0 heterocycles. The molecule has 0 unspecified atom stereocenters. The molecule has 2 aliphatic carbocycles. The van der Waals surface area contributed by atoms with Crippen molar-refractivity contribution in [1.29, 1.82) is 0 Å². The van der Waals surface area contributed by atoms with Gasteiger partial charge in [0, 0.05) is 0 Å². The van der Waals surface area contributed by atoms with E-state index in [1.165, 1.54) is 70.6 Å². The summed E-state index contributed by atoms with van der Waals surface area (Å²) in [6.07, 6.45) is 19.1. The van der Waals surface area contributed by atoms with Crippen LogP contribution in [0.4, 0.5) is 0 Å². The van der Waals surface area contributed by atoms with Crippen LogP contribution in [0.5, 0.6) is 0 Å². The maximum Gasteiger partial charge on any atom is -0.0352 e. The molecule has 0 nitrogen and oxygen atoms in total. The second kappa shape index (κ2) is 5.78. The molecule has 0 aliphatic heterocycles. The lowest BCUT2D eigenvalue weighted by Gasteiger charge is -2.26. The topological polar surface area (TPSA) is 0 Å². The minimum atomic E-state index is 0.991. The third-order valence-electron chi connectivity index (χ3n) is 4.18. The molecular weight excluding hydrogens is 168 g/mol. The fourth-order valence-corrected chi connectivity index (χ4v) is 3.18. The monoisotopic (exact) mass is 193 g/mol. The van der Waals surface area contributed by atoms with Gasteiger partial charge in [0.05, 0.1) is 0 Å². The Morgan fingerprint density at radius 1 is 0.714 bits per heavy atom. The van der Waals surface area contributed by atoms with Crippen molar-refractivity contribution in [1.82, 2.24) is 0 Å². The Kier molecular flexibility index (Phi) is 4.34. The van der Waals surface area contributed by atoms with Gasteiger partial charge >= 0.3 is 0 Å². The molecule has 1 radical (unpaired) electrons. The molecule has 0 bridgehead atoms. The summed E-state index contributed by atoms with van der Waals surface area (Å²) < 4.78 is 0. The van der Waals surface area contributed by atoms with Crippen molar-refractivity contribution in [3.63, 3.8) is 0 Å². The first-order valence-corrected chi connectivity index (χ1v) is 6.78. The molecule has 2 saturated carbocycles. The Balaban J connectivity index is 1.60. The van der Waals surface area contributed by atoms with E-state index in [0.717, 1.165) is 11.8 Å². The summed E-state index contributed by atoms with van der Waals surface area (Å²) in [5, 5.41) is 0. The zero-order valence-corrected chi connectivity index (χ0v) is 9.51. The molecule has 2 aliphatic rings. The average Bonchev–Trinajstić information content (AvgIpc) is 2.29. The fourth-order valence-electron chi connectivity index (χ4n) is 3.18. The molecule has 0 N–H and O–H groups in total. The summed E-state index contributed by atoms with van der Waals surface area (Å²) in [4.78, 5) is 0. The van der Waals surface area contributed by atoms with Gasteiger partial charge in [-0.2, -0.15) is 0 Å². The molecule has 0 spiro atoms. The van der Waals surface area contributed by atoms with Crippen LogP contribution in [-0.4, -0.2) is 0 Å². The van der Waals surface area contributed by atoms with Gasteiger partial charge in [-0.1, -0.05) is 64.2 Å². The number of hydrogen-bond acceptors (Lipinski definition) is 0. The van der Waals surface area contributed by atoms with E-state index in [9.17, 15) is 0 Å². The number of rotatable bonds is 3. The molecule has 2 fully saturated rings. The lowest BCUT2D eigenvalue weighted by Crippen LogP contribution is -2.12. The Bertz CT molecular complexity index is 120. The van der Waals surface area contributed by atoms with Gasteiger partial charge < -0.3 is 0 Å². The van der Waals surface area contributed by atoms with Gasteiger partial charge in [-0.3, -0.25) is 0 Å². The molecule has 0 aromatic heterocycles. The van der Waals surface area contributed by atoms with Gasteiger partial charge in [0.1, 0.15) is 0 Å². The fraction of sp³-hybridized carbons (Fsp3) is 0.929. The highest BCUT2D eigenvalue weighted by Gasteiger charge is 2.17. The second-order valence-corrected chi connectivity index (χ2v) is 5.37. The van der Waals surface area contributed by atoms with Crippen LogP contribution in [0.15, 0.2) is 0 Å². The van der Waals surface area contributed by atoms with Crippen molar-refractivity contribution in [3.05, 3.63) is 6.42 Å². The van der Waals surface area contributed by atoms with Gasteiger partial charge in [0.25, 0.3) is 0 Å². The smallest absolute Gasteiger partial charge is 0.0352 e. The third-order valence-corrected chi connectivity index (χ3v) is 4.18. The molecule has 0 atom stereocenters. The molecule has 0 saturated heterocycles. The van der Waals surface area contributed by atoms with E-state index in [1.54, 1.807) is 0 Å². The molecule has 0 heteroatoms. The van der Waals surface area contributed by atoms with E-state index in [-0.39, 0.29) is 0 Å². The first-order valence-electron chi connectivity index (χ1n) is 6.78. The summed E-state index contributed by atoms with van der Waals surface area (Å²) in [6, 6.07) is 0. The van der Waals surface area contributed by atoms with Crippen molar-refractivity contribution >= 4 is 0 Å². The van der Waals surface area contributed by atoms with Crippen LogP contribution in [0.2, 0.25) is 0 Å². The minimum absolute atomic E-state index is 0.991. The van der Waals surface area contributed by atoms with Crippen LogP contribution in [-0.2, 0) is 0 Å². The van der Waals surface area contributed by atoms with E-state index < -0.39 is 0 Å². The van der Waals surface area contributed by atoms with Gasteiger partial charge in [-0.25, -0.2) is 0 Å². The Hall–Kier alpha value is 0. The standard InChI is InChI=1S/C14H25/c1-3-7-13(8-4-1)11-12-14-9-5-2-6-10-14/h11,13-14H,1-10,12H2. The highest BCUT2D eigenvalue weighted by atomic mass is 14.2. The van der Waals surface area contributed by atoms with Crippen LogP contribution in [0, 0.1) is 18.3 Å². The van der Waals surface area contributed by atoms with E-state index >= 15 is 0 Å². The van der Waals surface area contributed by atoms with Crippen molar-refractivity contribution in [3.8, 4) is 0 Å². The van der Waals surface area contributed by atoms with Gasteiger partial charge in [-0.05, 0) is 24.7 Å². The first-order chi connectivity index (χ1) is 6.95. The molecule has 0 amide bonds. The summed E-state index contributed by atoms with van der Waals surface area (Å²) in [5.74, 6) is 2.05. The second-order valence-electron chi connectivity index (χ2n) is 5.37. The van der Waals surface area contributed by atoms with Gasteiger partial charge in [0.15, 0.2) is 0 Å². The predicted molar refractivity (Wildman–Crippen MR) is 62.1 cm³/mol. The lowest BCUT2D eigenvalue weighted by molar-refractivity contribution is 0.323. The zero-order chi connectivity index (χ0) is 9.64. The van der Waals surface area contributed by atoms with Crippen LogP contribution in [0.1, 0.15) is 70.6 Å². The predicted octanol–water partition coefficient (Wildman–Crippen LogP) is 4.74. The van der Waals surface area contributed by atoms with Crippen molar-refractivity contribution in [2.45, 2.75) is 70.6 Å². The Morgan fingerprint density at radius 3 is 1.93 bits per heavy atom. The Morgan fingerprint density at radius 2 is 1.29 bits per heavy atom. The normalized spacial score (nSPS) is 26.6. The van der Waals surface area contributed by atoms with Crippen LogP contribution in [0.25, 0.3) is 0 Å². The summed E-state index contributed by atoms with van der Waals surface area (Å²) in [7, 11) is 0. The van der Waals surface area contributed by atoms with Crippen molar-refractivity contribution < 1.29 is 0 Å². The molecule has 81 valence electrons. The first kappa shape index (κ1) is 10.5. The quantitative estimate of drug-likeness (QED) is 0.607. The van der Waals surface area contributed by atoms with E-state index in [2.05, 4.69) is 6.42 Å². The van der Waals surface area contributed by atoms with E-state index in [0.29, 0.717) is 0 Å². The minimum Gasteiger partial charge on any atom is -0.0533 e. The van der Waals surface area contributed by atoms with E-state index in [4.69, 9.17) is 0 Å². The molecule has 14 heavy (non-hydrogen) atoms. The molecule has 0 aromatic rings. The Labute approximate surface area is 89.5 Å². The van der Waals surface area contributed by atoms with Gasteiger partial charge in [-0.15, -0.1) is 0 Å². The SMILES string of the molecule is [CH](CC1CCCCC1)C1CCCCC1. The maximum absolute atomic E-state index is 2.68. The average molecular weight is 193 g/mol. The van der Waals surface area contributed by atoms with Crippen LogP contribution in [0.3, 0.4) is 0 Å². The highest BCUT2D eigenvalue weighted by molar-refractivity contribution is 4.82.